The number of likely N-dealkylation sites (tertiary alicyclic amines) is 1. The molecule has 1 aliphatic rings. The summed E-state index contributed by atoms with van der Waals surface area (Å²) in [6.07, 6.45) is -0.197. The largest absolute Gasteiger partial charge is 0.481 e. The highest BCUT2D eigenvalue weighted by Gasteiger charge is 2.31. The van der Waals surface area contributed by atoms with Crippen molar-refractivity contribution in [2.45, 2.75) is 32.5 Å². The number of halogens is 2. The van der Waals surface area contributed by atoms with Gasteiger partial charge in [0.05, 0.1) is 6.10 Å². The minimum absolute atomic E-state index is 0.0887. The molecule has 2 rings (SSSR count). The van der Waals surface area contributed by atoms with Gasteiger partial charge in [-0.25, -0.2) is 0 Å². The Labute approximate surface area is 134 Å². The van der Waals surface area contributed by atoms with Crippen LogP contribution in [-0.2, 0) is 4.79 Å². The minimum Gasteiger partial charge on any atom is -0.481 e. The van der Waals surface area contributed by atoms with E-state index in [9.17, 15) is 9.90 Å². The Morgan fingerprint density at radius 3 is 2.48 bits per heavy atom. The predicted molar refractivity (Wildman–Crippen MR) is 82.9 cm³/mol. The van der Waals surface area contributed by atoms with Crippen molar-refractivity contribution in [3.8, 4) is 5.75 Å². The molecule has 3 unspecified atom stereocenters. The molecule has 0 radical (unpaired) electrons. The number of carbonyl (C=O) groups excluding carboxylic acids is 1. The third kappa shape index (κ3) is 4.25. The molecular formula is C15H19Cl2NO3. The van der Waals surface area contributed by atoms with Crippen LogP contribution in [0.25, 0.3) is 0 Å². The second kappa shape index (κ2) is 6.86. The Morgan fingerprint density at radius 2 is 1.95 bits per heavy atom. The summed E-state index contributed by atoms with van der Waals surface area (Å²) in [4.78, 5) is 14.1. The normalized spacial score (nSPS) is 21.2. The molecule has 1 heterocycles. The lowest BCUT2D eigenvalue weighted by Crippen LogP contribution is -2.39. The van der Waals surface area contributed by atoms with Crippen molar-refractivity contribution in [1.29, 1.82) is 0 Å². The van der Waals surface area contributed by atoms with Crippen LogP contribution in [0.3, 0.4) is 0 Å². The van der Waals surface area contributed by atoms with Gasteiger partial charge in [0.15, 0.2) is 6.10 Å². The average Bonchev–Trinajstić information content (AvgIpc) is 2.86. The predicted octanol–water partition coefficient (Wildman–Crippen LogP) is 2.99. The number of carbonyl (C=O) groups is 1. The zero-order valence-corrected chi connectivity index (χ0v) is 13.6. The molecule has 1 fully saturated rings. The zero-order chi connectivity index (χ0) is 15.6. The highest BCUT2D eigenvalue weighted by Crippen LogP contribution is 2.26. The number of hydrogen-bond acceptors (Lipinski definition) is 3. The van der Waals surface area contributed by atoms with Gasteiger partial charge in [-0.15, -0.1) is 0 Å². The molecule has 1 aromatic carbocycles. The molecule has 3 atom stereocenters. The molecule has 0 aliphatic carbocycles. The van der Waals surface area contributed by atoms with Crippen molar-refractivity contribution in [3.63, 3.8) is 0 Å². The Kier molecular flexibility index (Phi) is 5.36. The Hall–Kier alpha value is -0.970. The summed E-state index contributed by atoms with van der Waals surface area (Å²) < 4.78 is 5.62. The molecule has 1 aliphatic heterocycles. The number of benzene rings is 1. The van der Waals surface area contributed by atoms with Crippen LogP contribution in [0.2, 0.25) is 10.0 Å². The number of nitrogens with zero attached hydrogens (tertiary/aromatic N) is 1. The van der Waals surface area contributed by atoms with Gasteiger partial charge in [-0.1, -0.05) is 23.2 Å². The molecule has 1 amide bonds. The molecule has 21 heavy (non-hydrogen) atoms. The van der Waals surface area contributed by atoms with E-state index in [-0.39, 0.29) is 11.8 Å². The SMILES string of the molecule is CC(Oc1cc(Cl)cc(Cl)c1)C(=O)N1CCC(C(C)O)C1. The van der Waals surface area contributed by atoms with Crippen LogP contribution < -0.4 is 4.74 Å². The fraction of sp³-hybridized carbons (Fsp3) is 0.533. The maximum absolute atomic E-state index is 12.3. The van der Waals surface area contributed by atoms with Crippen molar-refractivity contribution >= 4 is 29.1 Å². The number of amides is 1. The third-order valence-corrected chi connectivity index (χ3v) is 4.15. The van der Waals surface area contributed by atoms with Crippen molar-refractivity contribution in [2.24, 2.45) is 5.92 Å². The van der Waals surface area contributed by atoms with E-state index >= 15 is 0 Å². The molecule has 1 saturated heterocycles. The van der Waals surface area contributed by atoms with E-state index < -0.39 is 12.2 Å². The third-order valence-electron chi connectivity index (χ3n) is 3.72. The van der Waals surface area contributed by atoms with Crippen molar-refractivity contribution in [3.05, 3.63) is 28.2 Å². The fourth-order valence-electron chi connectivity index (χ4n) is 2.49. The van der Waals surface area contributed by atoms with E-state index in [0.29, 0.717) is 28.9 Å². The molecule has 1 aromatic rings. The second-order valence-electron chi connectivity index (χ2n) is 5.44. The van der Waals surface area contributed by atoms with Crippen LogP contribution in [0.5, 0.6) is 5.75 Å². The van der Waals surface area contributed by atoms with Crippen LogP contribution in [0, 0.1) is 5.92 Å². The number of aliphatic hydroxyl groups is 1. The summed E-state index contributed by atoms with van der Waals surface area (Å²) in [6, 6.07) is 4.86. The van der Waals surface area contributed by atoms with Gasteiger partial charge in [0.2, 0.25) is 0 Å². The zero-order valence-electron chi connectivity index (χ0n) is 12.1. The van der Waals surface area contributed by atoms with Gasteiger partial charge < -0.3 is 14.7 Å². The first-order chi connectivity index (χ1) is 9.86. The Bertz CT molecular complexity index is 501. The van der Waals surface area contributed by atoms with Crippen molar-refractivity contribution < 1.29 is 14.6 Å². The van der Waals surface area contributed by atoms with Crippen LogP contribution >= 0.6 is 23.2 Å². The Morgan fingerprint density at radius 1 is 1.33 bits per heavy atom. The summed E-state index contributed by atoms with van der Waals surface area (Å²) in [6.45, 7) is 4.68. The fourth-order valence-corrected chi connectivity index (χ4v) is 3.00. The van der Waals surface area contributed by atoms with E-state index in [2.05, 4.69) is 0 Å². The minimum atomic E-state index is -0.618. The van der Waals surface area contributed by atoms with E-state index in [1.54, 1.807) is 36.9 Å². The molecule has 6 heteroatoms. The second-order valence-corrected chi connectivity index (χ2v) is 6.31. The molecule has 1 N–H and O–H groups in total. The Balaban J connectivity index is 1.97. The van der Waals surface area contributed by atoms with E-state index in [0.717, 1.165) is 6.42 Å². The lowest BCUT2D eigenvalue weighted by Gasteiger charge is -2.22. The highest BCUT2D eigenvalue weighted by molar-refractivity contribution is 6.34. The molecule has 0 spiro atoms. The monoisotopic (exact) mass is 331 g/mol. The number of aliphatic hydroxyl groups excluding tert-OH is 1. The molecule has 4 nitrogen and oxygen atoms in total. The van der Waals surface area contributed by atoms with E-state index in [4.69, 9.17) is 27.9 Å². The average molecular weight is 332 g/mol. The standard InChI is InChI=1S/C15H19Cl2NO3/c1-9(19)11-3-4-18(8-11)15(20)10(2)21-14-6-12(16)5-13(17)7-14/h5-7,9-11,19H,3-4,8H2,1-2H3. The van der Waals surface area contributed by atoms with E-state index in [1.807, 2.05) is 0 Å². The lowest BCUT2D eigenvalue weighted by atomic mass is 10.0. The lowest BCUT2D eigenvalue weighted by molar-refractivity contribution is -0.137. The number of hydrogen-bond donors (Lipinski definition) is 1. The summed E-state index contributed by atoms with van der Waals surface area (Å²) in [5.74, 6) is 0.524. The van der Waals surface area contributed by atoms with Crippen molar-refractivity contribution in [1.82, 2.24) is 4.90 Å². The van der Waals surface area contributed by atoms with Gasteiger partial charge in [0, 0.05) is 29.1 Å². The van der Waals surface area contributed by atoms with Gasteiger partial charge in [-0.2, -0.15) is 0 Å². The molecule has 0 aromatic heterocycles. The maximum atomic E-state index is 12.3. The highest BCUT2D eigenvalue weighted by atomic mass is 35.5. The topological polar surface area (TPSA) is 49.8 Å². The van der Waals surface area contributed by atoms with E-state index in [1.165, 1.54) is 0 Å². The van der Waals surface area contributed by atoms with Crippen LogP contribution in [0.15, 0.2) is 18.2 Å². The van der Waals surface area contributed by atoms with Gasteiger partial charge in [-0.3, -0.25) is 4.79 Å². The molecule has 0 bridgehead atoms. The first-order valence-corrected chi connectivity index (χ1v) is 7.72. The van der Waals surface area contributed by atoms with Crippen LogP contribution in [0.1, 0.15) is 20.3 Å². The number of ether oxygens (including phenoxy) is 1. The molecular weight excluding hydrogens is 313 g/mol. The summed E-state index contributed by atoms with van der Waals surface area (Å²) in [5, 5.41) is 10.5. The van der Waals surface area contributed by atoms with Gasteiger partial charge in [0.25, 0.3) is 5.91 Å². The van der Waals surface area contributed by atoms with Gasteiger partial charge in [-0.05, 0) is 38.5 Å². The summed E-state index contributed by atoms with van der Waals surface area (Å²) in [5.41, 5.74) is 0. The summed E-state index contributed by atoms with van der Waals surface area (Å²) in [7, 11) is 0. The molecule has 116 valence electrons. The number of rotatable bonds is 4. The smallest absolute Gasteiger partial charge is 0.263 e. The van der Waals surface area contributed by atoms with Crippen LogP contribution in [-0.4, -0.2) is 41.2 Å². The molecule has 0 saturated carbocycles. The first kappa shape index (κ1) is 16.4. The summed E-state index contributed by atoms with van der Waals surface area (Å²) >= 11 is 11.8. The maximum Gasteiger partial charge on any atom is 0.263 e. The van der Waals surface area contributed by atoms with Gasteiger partial charge >= 0.3 is 0 Å². The van der Waals surface area contributed by atoms with Crippen LogP contribution in [0.4, 0.5) is 0 Å². The van der Waals surface area contributed by atoms with Crippen molar-refractivity contribution in [2.75, 3.05) is 13.1 Å². The quantitative estimate of drug-likeness (QED) is 0.922. The first-order valence-electron chi connectivity index (χ1n) is 6.96. The van der Waals surface area contributed by atoms with Gasteiger partial charge in [0.1, 0.15) is 5.75 Å².